The van der Waals surface area contributed by atoms with Gasteiger partial charge in [0.1, 0.15) is 29.4 Å². The first-order valence-corrected chi connectivity index (χ1v) is 8.17. The van der Waals surface area contributed by atoms with Crippen molar-refractivity contribution in [3.63, 3.8) is 0 Å². The Hall–Kier alpha value is -2.88. The zero-order chi connectivity index (χ0) is 16.9. The van der Waals surface area contributed by atoms with Gasteiger partial charge in [0.2, 0.25) is 0 Å². The number of hydrogen-bond donors (Lipinski definition) is 2. The second-order valence-corrected chi connectivity index (χ2v) is 5.83. The van der Waals surface area contributed by atoms with Gasteiger partial charge in [0.25, 0.3) is 5.91 Å². The van der Waals surface area contributed by atoms with Crippen LogP contribution in [0.15, 0.2) is 30.2 Å². The van der Waals surface area contributed by atoms with Gasteiger partial charge in [-0.25, -0.2) is 9.97 Å². The van der Waals surface area contributed by atoms with Crippen LogP contribution < -0.4 is 5.32 Å². The zero-order valence-electron chi connectivity index (χ0n) is 13.6. The van der Waals surface area contributed by atoms with Crippen molar-refractivity contribution in [3.8, 4) is 6.07 Å². The summed E-state index contributed by atoms with van der Waals surface area (Å²) in [6, 6.07) is 4.05. The Labute approximate surface area is 140 Å². The van der Waals surface area contributed by atoms with E-state index < -0.39 is 0 Å². The van der Waals surface area contributed by atoms with E-state index in [1.54, 1.807) is 11.0 Å². The van der Waals surface area contributed by atoms with Gasteiger partial charge in [0.05, 0.1) is 5.39 Å². The number of aromatic amines is 1. The Balaban J connectivity index is 1.72. The second kappa shape index (κ2) is 7.13. The average Bonchev–Trinajstić information content (AvgIpc) is 3.09. The van der Waals surface area contributed by atoms with Crippen molar-refractivity contribution < 1.29 is 4.79 Å². The van der Waals surface area contributed by atoms with Crippen LogP contribution in [-0.4, -0.2) is 44.9 Å². The van der Waals surface area contributed by atoms with Crippen LogP contribution in [0.4, 0.5) is 5.82 Å². The van der Waals surface area contributed by atoms with Crippen LogP contribution in [0.3, 0.4) is 0 Å². The van der Waals surface area contributed by atoms with Crippen LogP contribution in [-0.2, 0) is 4.79 Å². The summed E-state index contributed by atoms with van der Waals surface area (Å²) in [5, 5.41) is 13.5. The lowest BCUT2D eigenvalue weighted by molar-refractivity contribution is -0.127. The molecule has 1 atom stereocenters. The van der Waals surface area contributed by atoms with Gasteiger partial charge in [-0.05, 0) is 25.3 Å². The number of hydrogen-bond acceptors (Lipinski definition) is 5. The smallest absolute Gasteiger partial charge is 0.264 e. The number of nitriles is 1. The molecule has 2 aromatic heterocycles. The van der Waals surface area contributed by atoms with Gasteiger partial charge in [0, 0.05) is 25.3 Å². The number of allylic oxidation sites excluding steroid dienone is 1. The molecule has 2 aromatic rings. The van der Waals surface area contributed by atoms with Crippen molar-refractivity contribution in [3.05, 3.63) is 30.2 Å². The molecule has 3 rings (SSSR count). The molecule has 1 aliphatic heterocycles. The molecule has 0 aromatic carbocycles. The summed E-state index contributed by atoms with van der Waals surface area (Å²) in [5.41, 5.74) is 1.02. The topological polar surface area (TPSA) is 97.7 Å². The molecule has 1 saturated heterocycles. The van der Waals surface area contributed by atoms with E-state index >= 15 is 0 Å². The Kier molecular flexibility index (Phi) is 4.75. The first-order valence-electron chi connectivity index (χ1n) is 8.17. The van der Waals surface area contributed by atoms with Gasteiger partial charge in [-0.3, -0.25) is 4.79 Å². The van der Waals surface area contributed by atoms with Crippen molar-refractivity contribution >= 4 is 22.8 Å². The fraction of sp³-hybridized carbons (Fsp3) is 0.412. The molecule has 0 saturated carbocycles. The molecule has 0 bridgehead atoms. The molecule has 0 unspecified atom stereocenters. The minimum absolute atomic E-state index is 0.109. The summed E-state index contributed by atoms with van der Waals surface area (Å²) in [5.74, 6) is 0.588. The number of aromatic nitrogens is 3. The van der Waals surface area contributed by atoms with Gasteiger partial charge in [0.15, 0.2) is 0 Å². The van der Waals surface area contributed by atoms with Crippen LogP contribution in [0.1, 0.15) is 26.2 Å². The number of nitrogens with one attached hydrogen (secondary N) is 2. The Morgan fingerprint density at radius 2 is 2.46 bits per heavy atom. The predicted molar refractivity (Wildman–Crippen MR) is 91.1 cm³/mol. The lowest BCUT2D eigenvalue weighted by Crippen LogP contribution is -2.45. The number of likely N-dealkylation sites (tertiary alicyclic amines) is 1. The molecular formula is C17H20N6O. The summed E-state index contributed by atoms with van der Waals surface area (Å²) in [6.07, 6.45) is 7.57. The predicted octanol–water partition coefficient (Wildman–Crippen LogP) is 2.22. The zero-order valence-corrected chi connectivity index (χ0v) is 13.6. The number of carbonyl (C=O) groups is 1. The standard InChI is InChI=1S/C17H20N6O/c1-2-4-12(9-18)17(24)23-8-3-5-13(10-23)22-16-14-6-7-19-15(14)20-11-21-16/h4,6-7,11,13H,2-3,5,8,10H2,1H3,(H2,19,20,21,22)/t13-/m1/s1. The maximum atomic E-state index is 12.5. The second-order valence-electron chi connectivity index (χ2n) is 5.83. The van der Waals surface area contributed by atoms with E-state index in [1.807, 2.05) is 25.3 Å². The Morgan fingerprint density at radius 1 is 1.58 bits per heavy atom. The number of piperidine rings is 1. The summed E-state index contributed by atoms with van der Waals surface area (Å²) < 4.78 is 0. The van der Waals surface area contributed by atoms with Crippen LogP contribution in [0.2, 0.25) is 0 Å². The summed E-state index contributed by atoms with van der Waals surface area (Å²) in [7, 11) is 0. The number of carbonyl (C=O) groups excluding carboxylic acids is 1. The summed E-state index contributed by atoms with van der Waals surface area (Å²) >= 11 is 0. The monoisotopic (exact) mass is 324 g/mol. The number of H-pyrrole nitrogens is 1. The van der Waals surface area contributed by atoms with Crippen LogP contribution in [0, 0.1) is 11.3 Å². The van der Waals surface area contributed by atoms with E-state index in [0.29, 0.717) is 19.5 Å². The minimum atomic E-state index is -0.180. The molecule has 7 nitrogen and oxygen atoms in total. The van der Waals surface area contributed by atoms with Crippen LogP contribution in [0.5, 0.6) is 0 Å². The largest absolute Gasteiger partial charge is 0.365 e. The van der Waals surface area contributed by atoms with Gasteiger partial charge in [-0.15, -0.1) is 0 Å². The van der Waals surface area contributed by atoms with E-state index in [-0.39, 0.29) is 17.5 Å². The molecular weight excluding hydrogens is 304 g/mol. The van der Waals surface area contributed by atoms with Crippen molar-refractivity contribution in [2.75, 3.05) is 18.4 Å². The highest BCUT2D eigenvalue weighted by Crippen LogP contribution is 2.21. The van der Waals surface area contributed by atoms with Gasteiger partial charge >= 0.3 is 0 Å². The SMILES string of the molecule is CCC=C(C#N)C(=O)N1CCC[C@@H](Nc2ncnc3[nH]ccc23)C1. The molecule has 0 aliphatic carbocycles. The molecule has 1 aliphatic rings. The number of rotatable bonds is 4. The van der Waals surface area contributed by atoms with E-state index in [4.69, 9.17) is 5.26 Å². The summed E-state index contributed by atoms with van der Waals surface area (Å²) in [4.78, 5) is 25.8. The van der Waals surface area contributed by atoms with Crippen molar-refractivity contribution in [2.24, 2.45) is 0 Å². The first kappa shape index (κ1) is 16.0. The van der Waals surface area contributed by atoms with E-state index in [1.165, 1.54) is 6.33 Å². The lowest BCUT2D eigenvalue weighted by atomic mass is 10.0. The third kappa shape index (κ3) is 3.23. The van der Waals surface area contributed by atoms with Crippen molar-refractivity contribution in [1.82, 2.24) is 19.9 Å². The highest BCUT2D eigenvalue weighted by molar-refractivity contribution is 5.97. The van der Waals surface area contributed by atoms with E-state index in [0.717, 1.165) is 29.7 Å². The van der Waals surface area contributed by atoms with Gasteiger partial charge < -0.3 is 15.2 Å². The third-order valence-corrected chi connectivity index (χ3v) is 4.16. The molecule has 1 fully saturated rings. The number of nitrogens with zero attached hydrogens (tertiary/aromatic N) is 4. The molecule has 2 N–H and O–H groups in total. The quantitative estimate of drug-likeness (QED) is 0.664. The van der Waals surface area contributed by atoms with Crippen molar-refractivity contribution in [2.45, 2.75) is 32.2 Å². The maximum Gasteiger partial charge on any atom is 0.264 e. The van der Waals surface area contributed by atoms with Crippen LogP contribution in [0.25, 0.3) is 11.0 Å². The first-order chi connectivity index (χ1) is 11.7. The number of amides is 1. The van der Waals surface area contributed by atoms with Gasteiger partial charge in [-0.2, -0.15) is 5.26 Å². The highest BCUT2D eigenvalue weighted by Gasteiger charge is 2.26. The van der Waals surface area contributed by atoms with Crippen LogP contribution >= 0.6 is 0 Å². The lowest BCUT2D eigenvalue weighted by Gasteiger charge is -2.33. The highest BCUT2D eigenvalue weighted by atomic mass is 16.2. The Morgan fingerprint density at radius 3 is 3.25 bits per heavy atom. The number of fused-ring (bicyclic) bond motifs is 1. The molecule has 7 heteroatoms. The fourth-order valence-corrected chi connectivity index (χ4v) is 3.02. The summed E-state index contributed by atoms with van der Waals surface area (Å²) in [6.45, 7) is 3.17. The molecule has 124 valence electrons. The van der Waals surface area contributed by atoms with Gasteiger partial charge in [-0.1, -0.05) is 13.0 Å². The minimum Gasteiger partial charge on any atom is -0.365 e. The van der Waals surface area contributed by atoms with E-state index in [2.05, 4.69) is 20.3 Å². The average molecular weight is 324 g/mol. The molecule has 3 heterocycles. The normalized spacial score (nSPS) is 18.4. The Bertz CT molecular complexity index is 803. The van der Waals surface area contributed by atoms with E-state index in [9.17, 15) is 4.79 Å². The molecule has 0 spiro atoms. The maximum absolute atomic E-state index is 12.5. The molecule has 24 heavy (non-hydrogen) atoms. The molecule has 1 amide bonds. The van der Waals surface area contributed by atoms with Crippen molar-refractivity contribution in [1.29, 1.82) is 5.26 Å². The number of anilines is 1. The molecule has 0 radical (unpaired) electrons. The fourth-order valence-electron chi connectivity index (χ4n) is 3.02. The third-order valence-electron chi connectivity index (χ3n) is 4.16.